The molecule has 14 heavy (non-hydrogen) atoms. The Bertz CT molecular complexity index is 253. The summed E-state index contributed by atoms with van der Waals surface area (Å²) in [6.07, 6.45) is 5.21. The second-order valence-corrected chi connectivity index (χ2v) is 3.65. The third kappa shape index (κ3) is 3.33. The molecule has 0 unspecified atom stereocenters. The molecule has 0 fully saturated rings. The Hall–Kier alpha value is -1.11. The summed E-state index contributed by atoms with van der Waals surface area (Å²) in [5.74, 6) is 0.425. The van der Waals surface area contributed by atoms with E-state index in [1.807, 2.05) is 18.2 Å². The van der Waals surface area contributed by atoms with Crippen molar-refractivity contribution in [2.75, 3.05) is 0 Å². The van der Waals surface area contributed by atoms with Crippen molar-refractivity contribution in [2.24, 2.45) is 0 Å². The Morgan fingerprint density at radius 3 is 2.57 bits per heavy atom. The van der Waals surface area contributed by atoms with Gasteiger partial charge in [-0.1, -0.05) is 50.1 Å². The number of hydrogen-bond donors (Lipinski definition) is 0. The molecule has 0 radical (unpaired) electrons. The Morgan fingerprint density at radius 2 is 2.00 bits per heavy atom. The van der Waals surface area contributed by atoms with Crippen LogP contribution in [0.1, 0.15) is 44.1 Å². The lowest BCUT2D eigenvalue weighted by atomic mass is 9.91. The molecule has 0 aliphatic heterocycles. The smallest absolute Gasteiger partial charge is 0.120 e. The molecular formula is C13H18O. The van der Waals surface area contributed by atoms with Crippen LogP contribution in [0, 0.1) is 0 Å². The lowest BCUT2D eigenvalue weighted by molar-refractivity contribution is -0.108. The van der Waals surface area contributed by atoms with E-state index in [1.54, 1.807) is 0 Å². The fourth-order valence-corrected chi connectivity index (χ4v) is 1.71. The molecule has 1 atom stereocenters. The summed E-state index contributed by atoms with van der Waals surface area (Å²) in [5.41, 5.74) is 1.30. The normalized spacial score (nSPS) is 12.4. The molecule has 0 saturated heterocycles. The Morgan fingerprint density at radius 1 is 1.29 bits per heavy atom. The van der Waals surface area contributed by atoms with Gasteiger partial charge in [-0.2, -0.15) is 0 Å². The van der Waals surface area contributed by atoms with Crippen LogP contribution in [0.2, 0.25) is 0 Å². The van der Waals surface area contributed by atoms with E-state index in [2.05, 4.69) is 19.1 Å². The lowest BCUT2D eigenvalue weighted by Crippen LogP contribution is -1.99. The van der Waals surface area contributed by atoms with Crippen LogP contribution in [0.5, 0.6) is 0 Å². The molecular weight excluding hydrogens is 172 g/mol. The average Bonchev–Trinajstić information content (AvgIpc) is 2.25. The molecule has 1 aromatic carbocycles. The van der Waals surface area contributed by atoms with Crippen LogP contribution >= 0.6 is 0 Å². The van der Waals surface area contributed by atoms with Gasteiger partial charge in [0.15, 0.2) is 0 Å². The van der Waals surface area contributed by atoms with E-state index in [9.17, 15) is 4.79 Å². The summed E-state index contributed by atoms with van der Waals surface area (Å²) in [5, 5.41) is 0. The molecule has 0 heterocycles. The fourth-order valence-electron chi connectivity index (χ4n) is 1.71. The molecule has 1 nitrogen and oxygen atoms in total. The van der Waals surface area contributed by atoms with E-state index < -0.39 is 0 Å². The van der Waals surface area contributed by atoms with Gasteiger partial charge in [0.05, 0.1) is 0 Å². The van der Waals surface area contributed by atoms with Crippen LogP contribution in [0.15, 0.2) is 30.3 Å². The molecule has 0 spiro atoms. The van der Waals surface area contributed by atoms with Gasteiger partial charge in [0, 0.05) is 6.42 Å². The molecule has 0 bridgehead atoms. The minimum Gasteiger partial charge on any atom is -0.303 e. The van der Waals surface area contributed by atoms with Crippen molar-refractivity contribution < 1.29 is 4.79 Å². The third-order valence-electron chi connectivity index (χ3n) is 2.56. The van der Waals surface area contributed by atoms with Gasteiger partial charge in [0.25, 0.3) is 0 Å². The van der Waals surface area contributed by atoms with E-state index >= 15 is 0 Å². The first-order valence-corrected chi connectivity index (χ1v) is 5.37. The Labute approximate surface area is 86.1 Å². The Balaban J connectivity index is 2.62. The zero-order valence-electron chi connectivity index (χ0n) is 8.78. The van der Waals surface area contributed by atoms with Crippen molar-refractivity contribution in [1.82, 2.24) is 0 Å². The van der Waals surface area contributed by atoms with Gasteiger partial charge in [-0.25, -0.2) is 0 Å². The molecule has 76 valence electrons. The number of unbranched alkanes of at least 4 members (excludes halogenated alkanes) is 1. The highest BCUT2D eigenvalue weighted by molar-refractivity contribution is 5.51. The van der Waals surface area contributed by atoms with Crippen molar-refractivity contribution in [2.45, 2.75) is 38.5 Å². The van der Waals surface area contributed by atoms with Crippen LogP contribution in [0.4, 0.5) is 0 Å². The van der Waals surface area contributed by atoms with Crippen molar-refractivity contribution in [1.29, 1.82) is 0 Å². The van der Waals surface area contributed by atoms with Crippen LogP contribution < -0.4 is 0 Å². The average molecular weight is 190 g/mol. The summed E-state index contributed by atoms with van der Waals surface area (Å²) in [6.45, 7) is 2.18. The number of aldehydes is 1. The molecule has 0 aliphatic carbocycles. The van der Waals surface area contributed by atoms with Gasteiger partial charge >= 0.3 is 0 Å². The predicted molar refractivity (Wildman–Crippen MR) is 59.4 cm³/mol. The van der Waals surface area contributed by atoms with E-state index in [1.165, 1.54) is 18.4 Å². The van der Waals surface area contributed by atoms with Crippen LogP contribution in [-0.4, -0.2) is 6.29 Å². The van der Waals surface area contributed by atoms with Gasteiger partial charge in [-0.3, -0.25) is 0 Å². The molecule has 1 aromatic rings. The SMILES string of the molecule is CCCC[C@@H](CC=O)c1ccccc1. The van der Waals surface area contributed by atoms with Crippen LogP contribution in [0.25, 0.3) is 0 Å². The Kier molecular flexibility index (Phi) is 4.98. The summed E-state index contributed by atoms with van der Waals surface area (Å²) in [4.78, 5) is 10.6. The first-order chi connectivity index (χ1) is 6.88. The largest absolute Gasteiger partial charge is 0.303 e. The predicted octanol–water partition coefficient (Wildman–Crippen LogP) is 3.55. The maximum atomic E-state index is 10.6. The van der Waals surface area contributed by atoms with E-state index in [4.69, 9.17) is 0 Å². The zero-order valence-corrected chi connectivity index (χ0v) is 8.78. The summed E-state index contributed by atoms with van der Waals surface area (Å²) < 4.78 is 0. The molecule has 1 rings (SSSR count). The fraction of sp³-hybridized carbons (Fsp3) is 0.462. The third-order valence-corrected chi connectivity index (χ3v) is 2.56. The maximum Gasteiger partial charge on any atom is 0.120 e. The van der Waals surface area contributed by atoms with E-state index in [0.29, 0.717) is 12.3 Å². The first kappa shape index (κ1) is 11.0. The van der Waals surface area contributed by atoms with Gasteiger partial charge in [-0.05, 0) is 17.9 Å². The molecule has 0 aliphatic rings. The highest BCUT2D eigenvalue weighted by Gasteiger charge is 2.09. The minimum atomic E-state index is 0.425. The summed E-state index contributed by atoms with van der Waals surface area (Å²) in [6, 6.07) is 10.3. The number of benzene rings is 1. The van der Waals surface area contributed by atoms with Gasteiger partial charge in [-0.15, -0.1) is 0 Å². The topological polar surface area (TPSA) is 17.1 Å². The maximum absolute atomic E-state index is 10.6. The monoisotopic (exact) mass is 190 g/mol. The van der Waals surface area contributed by atoms with Crippen molar-refractivity contribution >= 4 is 6.29 Å². The van der Waals surface area contributed by atoms with Gasteiger partial charge in [0.1, 0.15) is 6.29 Å². The highest BCUT2D eigenvalue weighted by Crippen LogP contribution is 2.24. The molecule has 1 heteroatoms. The molecule has 0 saturated carbocycles. The van der Waals surface area contributed by atoms with Gasteiger partial charge in [0.2, 0.25) is 0 Å². The standard InChI is InChI=1S/C13H18O/c1-2-3-7-13(10-11-14)12-8-5-4-6-9-12/h4-6,8-9,11,13H,2-3,7,10H2,1H3/t13-/m0/s1. The number of rotatable bonds is 6. The summed E-state index contributed by atoms with van der Waals surface area (Å²) >= 11 is 0. The van der Waals surface area contributed by atoms with E-state index in [-0.39, 0.29) is 0 Å². The number of carbonyl (C=O) groups is 1. The van der Waals surface area contributed by atoms with Crippen molar-refractivity contribution in [3.8, 4) is 0 Å². The van der Waals surface area contributed by atoms with Crippen LogP contribution in [-0.2, 0) is 4.79 Å². The molecule has 0 amide bonds. The second-order valence-electron chi connectivity index (χ2n) is 3.65. The van der Waals surface area contributed by atoms with Crippen LogP contribution in [0.3, 0.4) is 0 Å². The van der Waals surface area contributed by atoms with Crippen molar-refractivity contribution in [3.05, 3.63) is 35.9 Å². The molecule has 0 N–H and O–H groups in total. The minimum absolute atomic E-state index is 0.425. The lowest BCUT2D eigenvalue weighted by Gasteiger charge is -2.13. The quantitative estimate of drug-likeness (QED) is 0.627. The molecule has 0 aromatic heterocycles. The van der Waals surface area contributed by atoms with Gasteiger partial charge < -0.3 is 4.79 Å². The van der Waals surface area contributed by atoms with E-state index in [0.717, 1.165) is 12.7 Å². The summed E-state index contributed by atoms with van der Waals surface area (Å²) in [7, 11) is 0. The number of hydrogen-bond acceptors (Lipinski definition) is 1. The second kappa shape index (κ2) is 6.36. The number of carbonyl (C=O) groups excluding carboxylic acids is 1. The highest BCUT2D eigenvalue weighted by atomic mass is 16.1. The zero-order chi connectivity index (χ0) is 10.2. The van der Waals surface area contributed by atoms with Crippen molar-refractivity contribution in [3.63, 3.8) is 0 Å². The first-order valence-electron chi connectivity index (χ1n) is 5.37.